The van der Waals surface area contributed by atoms with Crippen molar-refractivity contribution in [1.82, 2.24) is 4.90 Å². The zero-order valence-electron chi connectivity index (χ0n) is 20.6. The number of likely N-dealkylation sites (tertiary alicyclic amines) is 1. The van der Waals surface area contributed by atoms with E-state index in [4.69, 9.17) is 18.9 Å². The van der Waals surface area contributed by atoms with E-state index in [0.29, 0.717) is 13.0 Å². The highest BCUT2D eigenvalue weighted by Gasteiger charge is 2.91. The van der Waals surface area contributed by atoms with Crippen LogP contribution in [0.2, 0.25) is 0 Å². The Balaban J connectivity index is 1.68. The van der Waals surface area contributed by atoms with Crippen LogP contribution in [0.1, 0.15) is 32.6 Å². The summed E-state index contributed by atoms with van der Waals surface area (Å²) in [5, 5.41) is 37.1. The molecule has 1 saturated heterocycles. The highest BCUT2D eigenvalue weighted by atomic mass is 16.5. The molecular formula is C25H41NO7. The molecule has 0 aromatic carbocycles. The van der Waals surface area contributed by atoms with E-state index >= 15 is 0 Å². The third-order valence-electron chi connectivity index (χ3n) is 11.5. The van der Waals surface area contributed by atoms with Gasteiger partial charge in [0.1, 0.15) is 11.2 Å². The van der Waals surface area contributed by atoms with Gasteiger partial charge in [0.25, 0.3) is 0 Å². The molecule has 6 aliphatic rings. The molecule has 3 N–H and O–H groups in total. The van der Waals surface area contributed by atoms with E-state index in [2.05, 4.69) is 11.8 Å². The average molecular weight is 468 g/mol. The lowest BCUT2D eigenvalue weighted by Crippen LogP contribution is -2.82. The molecule has 2 unspecified atom stereocenters. The summed E-state index contributed by atoms with van der Waals surface area (Å²) in [6.45, 7) is 4.28. The second-order valence-electron chi connectivity index (χ2n) is 11.9. The van der Waals surface area contributed by atoms with E-state index in [1.165, 1.54) is 0 Å². The zero-order chi connectivity index (χ0) is 23.6. The summed E-state index contributed by atoms with van der Waals surface area (Å²) < 4.78 is 24.2. The molecule has 0 aromatic heterocycles. The van der Waals surface area contributed by atoms with E-state index in [1.807, 2.05) is 0 Å². The van der Waals surface area contributed by atoms with Crippen molar-refractivity contribution in [2.24, 2.45) is 34.5 Å². The first-order valence-electron chi connectivity index (χ1n) is 12.7. The van der Waals surface area contributed by atoms with E-state index in [1.54, 1.807) is 28.4 Å². The van der Waals surface area contributed by atoms with Gasteiger partial charge >= 0.3 is 0 Å². The lowest BCUT2D eigenvalue weighted by Gasteiger charge is -2.70. The number of aliphatic hydroxyl groups excluding tert-OH is 1. The lowest BCUT2D eigenvalue weighted by atomic mass is 9.42. The predicted octanol–water partition coefficient (Wildman–Crippen LogP) is 0.271. The minimum absolute atomic E-state index is 0.00825. The maximum atomic E-state index is 12.9. The van der Waals surface area contributed by atoms with Gasteiger partial charge in [0, 0.05) is 70.0 Å². The van der Waals surface area contributed by atoms with E-state index in [9.17, 15) is 15.3 Å². The fourth-order valence-electron chi connectivity index (χ4n) is 11.0. The molecule has 1 aliphatic heterocycles. The minimum atomic E-state index is -1.55. The molecule has 33 heavy (non-hydrogen) atoms. The third-order valence-corrected chi connectivity index (χ3v) is 11.5. The summed E-state index contributed by atoms with van der Waals surface area (Å²) in [5.41, 5.74) is -3.70. The van der Waals surface area contributed by atoms with Crippen LogP contribution in [0.4, 0.5) is 0 Å². The first-order chi connectivity index (χ1) is 15.8. The van der Waals surface area contributed by atoms with Crippen molar-refractivity contribution < 1.29 is 34.3 Å². The summed E-state index contributed by atoms with van der Waals surface area (Å²) >= 11 is 0. The summed E-state index contributed by atoms with van der Waals surface area (Å²) in [6, 6.07) is -0.312. The van der Waals surface area contributed by atoms with Gasteiger partial charge in [0.2, 0.25) is 0 Å². The van der Waals surface area contributed by atoms with E-state index < -0.39 is 34.7 Å². The van der Waals surface area contributed by atoms with Gasteiger partial charge in [-0.2, -0.15) is 0 Å². The first-order valence-corrected chi connectivity index (χ1v) is 12.7. The number of ether oxygens (including phenoxy) is 4. The molecule has 1 heterocycles. The fourth-order valence-corrected chi connectivity index (χ4v) is 11.0. The Kier molecular flexibility index (Phi) is 4.99. The second kappa shape index (κ2) is 7.13. The van der Waals surface area contributed by atoms with Gasteiger partial charge in [-0.05, 0) is 31.7 Å². The Labute approximate surface area is 196 Å². The third kappa shape index (κ3) is 2.20. The number of nitrogens with zero attached hydrogens (tertiary/aromatic N) is 1. The highest BCUT2D eigenvalue weighted by molar-refractivity contribution is 5.41. The fraction of sp³-hybridized carbons (Fsp3) is 1.00. The largest absolute Gasteiger partial charge is 0.392 e. The van der Waals surface area contributed by atoms with Crippen molar-refractivity contribution in [3.63, 3.8) is 0 Å². The summed E-state index contributed by atoms with van der Waals surface area (Å²) in [4.78, 5) is 2.38. The Hall–Kier alpha value is -0.320. The first kappa shape index (κ1) is 23.1. The smallest absolute Gasteiger partial charge is 0.136 e. The molecule has 7 bridgehead atoms. The van der Waals surface area contributed by atoms with Crippen LogP contribution < -0.4 is 0 Å². The maximum absolute atomic E-state index is 12.9. The Bertz CT molecular complexity index is 814. The molecule has 1 spiro atoms. The van der Waals surface area contributed by atoms with Gasteiger partial charge in [-0.25, -0.2) is 0 Å². The molecule has 8 nitrogen and oxygen atoms in total. The Morgan fingerprint density at radius 2 is 1.82 bits per heavy atom. The Morgan fingerprint density at radius 1 is 1.06 bits per heavy atom. The standard InChI is InChI=1S/C25H41NO7/c1-6-26-11-22(12-30-2)8-7-16(32-4)24-14-9-13-15(31-3)10-23(28,17(14)18(13)27)25(29,21(24)26)20(33-5)19(22)24/h13-21,27-29H,6-12H2,1-5H3/t13-,14-,15+,16+,17-,18+,19-,20+,21?,22+,23-,24+,25?/m1/s1. The van der Waals surface area contributed by atoms with Crippen LogP contribution in [0.5, 0.6) is 0 Å². The number of hydrogen-bond acceptors (Lipinski definition) is 8. The van der Waals surface area contributed by atoms with Gasteiger partial charge in [-0.15, -0.1) is 0 Å². The lowest BCUT2D eigenvalue weighted by molar-refractivity contribution is -0.318. The van der Waals surface area contributed by atoms with Crippen molar-refractivity contribution in [2.75, 3.05) is 48.1 Å². The number of fused-ring (bicyclic) bond motifs is 2. The maximum Gasteiger partial charge on any atom is 0.136 e. The molecule has 188 valence electrons. The summed E-state index contributed by atoms with van der Waals surface area (Å²) in [5.74, 6) is -0.492. The van der Waals surface area contributed by atoms with Crippen molar-refractivity contribution in [1.29, 1.82) is 0 Å². The molecule has 0 aromatic rings. The van der Waals surface area contributed by atoms with Gasteiger partial charge in [0.15, 0.2) is 0 Å². The molecule has 0 radical (unpaired) electrons. The molecule has 8 heteroatoms. The van der Waals surface area contributed by atoms with Crippen LogP contribution in [0.25, 0.3) is 0 Å². The monoisotopic (exact) mass is 467 g/mol. The SMILES string of the molecule is CCN1C[C@]2(COC)CC[C@H](OC)[C@]34C1C(O)([C@@H](OC)[C@H]23)[C@@]1(O)C[C@H](OC)[C@H]2C[C@@H]4[C@@H]1[C@H]2O. The summed E-state index contributed by atoms with van der Waals surface area (Å²) in [7, 11) is 6.85. The van der Waals surface area contributed by atoms with Crippen molar-refractivity contribution in [3.8, 4) is 0 Å². The topological polar surface area (TPSA) is 101 Å². The van der Waals surface area contributed by atoms with Crippen LogP contribution in [0, 0.1) is 34.5 Å². The van der Waals surface area contributed by atoms with Gasteiger partial charge in [-0.1, -0.05) is 6.92 Å². The Morgan fingerprint density at radius 3 is 2.42 bits per heavy atom. The van der Waals surface area contributed by atoms with Crippen molar-refractivity contribution >= 4 is 0 Å². The molecule has 5 saturated carbocycles. The predicted molar refractivity (Wildman–Crippen MR) is 119 cm³/mol. The van der Waals surface area contributed by atoms with E-state index in [-0.39, 0.29) is 41.4 Å². The van der Waals surface area contributed by atoms with Crippen molar-refractivity contribution in [2.45, 2.75) is 74.3 Å². The van der Waals surface area contributed by atoms with Crippen LogP contribution >= 0.6 is 0 Å². The number of rotatable bonds is 6. The van der Waals surface area contributed by atoms with Gasteiger partial charge in [0.05, 0.1) is 37.1 Å². The molecule has 13 atom stereocenters. The molecule has 5 aliphatic carbocycles. The molecule has 0 amide bonds. The number of hydrogen-bond donors (Lipinski definition) is 3. The van der Waals surface area contributed by atoms with E-state index in [0.717, 1.165) is 32.4 Å². The number of piperidine rings is 1. The van der Waals surface area contributed by atoms with Crippen molar-refractivity contribution in [3.05, 3.63) is 0 Å². The quantitative estimate of drug-likeness (QED) is 0.512. The van der Waals surface area contributed by atoms with Gasteiger partial charge in [-0.3, -0.25) is 4.90 Å². The molecule has 6 rings (SSSR count). The highest BCUT2D eigenvalue weighted by Crippen LogP contribution is 2.80. The molecule has 6 fully saturated rings. The molecular weight excluding hydrogens is 426 g/mol. The minimum Gasteiger partial charge on any atom is -0.392 e. The van der Waals surface area contributed by atoms with Gasteiger partial charge < -0.3 is 34.3 Å². The van der Waals surface area contributed by atoms with Crippen LogP contribution in [0.15, 0.2) is 0 Å². The van der Waals surface area contributed by atoms with Crippen LogP contribution in [-0.4, -0.2) is 110 Å². The van der Waals surface area contributed by atoms with Crippen LogP contribution in [0.3, 0.4) is 0 Å². The number of likely N-dealkylation sites (N-methyl/N-ethyl adjacent to an activating group) is 1. The zero-order valence-corrected chi connectivity index (χ0v) is 20.6. The second-order valence-corrected chi connectivity index (χ2v) is 11.9. The average Bonchev–Trinajstić information content (AvgIpc) is 3.16. The summed E-state index contributed by atoms with van der Waals surface area (Å²) in [6.07, 6.45) is 1.21. The normalized spacial score (nSPS) is 60.9. The van der Waals surface area contributed by atoms with Crippen LogP contribution in [-0.2, 0) is 18.9 Å². The number of aliphatic hydroxyl groups is 3. The number of methoxy groups -OCH3 is 4.